The highest BCUT2D eigenvalue weighted by molar-refractivity contribution is 5.92. The summed E-state index contributed by atoms with van der Waals surface area (Å²) in [5.74, 6) is -1.29. The molecule has 0 radical (unpaired) electrons. The molecule has 0 N–H and O–H groups in total. The molecule has 1 unspecified atom stereocenters. The summed E-state index contributed by atoms with van der Waals surface area (Å²) in [6.45, 7) is 3.70. The second-order valence-electron chi connectivity index (χ2n) is 5.19. The minimum absolute atomic E-state index is 0.123. The second kappa shape index (κ2) is 4.92. The number of non-ortho nitro benzene ring substituents is 1. The molecule has 7 heteroatoms. The van der Waals surface area contributed by atoms with Gasteiger partial charge in [-0.15, -0.1) is 0 Å². The van der Waals surface area contributed by atoms with Crippen molar-refractivity contribution in [3.63, 3.8) is 0 Å². The van der Waals surface area contributed by atoms with Crippen LogP contribution in [0.1, 0.15) is 24.2 Å². The second-order valence-corrected chi connectivity index (χ2v) is 5.19. The molecule has 0 bridgehead atoms. The third-order valence-corrected chi connectivity index (χ3v) is 3.05. The highest BCUT2D eigenvalue weighted by Gasteiger charge is 2.46. The Bertz CT molecular complexity index is 563. The molecule has 106 valence electrons. The minimum atomic E-state index is -0.967. The zero-order valence-electron chi connectivity index (χ0n) is 11.0. The van der Waals surface area contributed by atoms with E-state index >= 15 is 0 Å². The van der Waals surface area contributed by atoms with Gasteiger partial charge in [-0.05, 0) is 12.1 Å². The number of hydrogen-bond donors (Lipinski definition) is 0. The molecule has 1 aromatic carbocycles. The topological polar surface area (TPSA) is 95.7 Å². The molecule has 20 heavy (non-hydrogen) atoms. The van der Waals surface area contributed by atoms with Crippen molar-refractivity contribution in [2.24, 2.45) is 5.41 Å². The molecule has 1 heterocycles. The molecule has 1 atom stereocenters. The Hall–Kier alpha value is -2.44. The lowest BCUT2D eigenvalue weighted by molar-refractivity contribution is -0.384. The van der Waals surface area contributed by atoms with Gasteiger partial charge >= 0.3 is 11.9 Å². The minimum Gasteiger partial charge on any atom is -0.462 e. The highest BCUT2D eigenvalue weighted by atomic mass is 16.6. The first-order valence-corrected chi connectivity index (χ1v) is 5.93. The number of nitro benzene ring substituents is 1. The van der Waals surface area contributed by atoms with Crippen LogP contribution < -0.4 is 0 Å². The van der Waals surface area contributed by atoms with E-state index in [0.717, 1.165) is 0 Å². The first-order valence-electron chi connectivity index (χ1n) is 5.93. The van der Waals surface area contributed by atoms with Crippen LogP contribution in [0.4, 0.5) is 5.69 Å². The van der Waals surface area contributed by atoms with Crippen molar-refractivity contribution in [3.05, 3.63) is 39.9 Å². The Kier molecular flexibility index (Phi) is 3.44. The first kappa shape index (κ1) is 14.0. The lowest BCUT2D eigenvalue weighted by Crippen LogP contribution is -2.34. The van der Waals surface area contributed by atoms with Crippen LogP contribution in [0.3, 0.4) is 0 Å². The Morgan fingerprint density at radius 1 is 1.40 bits per heavy atom. The van der Waals surface area contributed by atoms with Crippen LogP contribution in [-0.4, -0.2) is 29.6 Å². The van der Waals surface area contributed by atoms with Crippen LogP contribution in [0.15, 0.2) is 24.3 Å². The molecule has 1 fully saturated rings. The van der Waals surface area contributed by atoms with Gasteiger partial charge in [-0.2, -0.15) is 0 Å². The van der Waals surface area contributed by atoms with Crippen molar-refractivity contribution in [1.82, 2.24) is 0 Å². The number of benzene rings is 1. The Balaban J connectivity index is 2.12. The van der Waals surface area contributed by atoms with E-state index in [9.17, 15) is 19.7 Å². The summed E-state index contributed by atoms with van der Waals surface area (Å²) < 4.78 is 10.0. The Morgan fingerprint density at radius 3 is 2.45 bits per heavy atom. The van der Waals surface area contributed by atoms with Crippen LogP contribution >= 0.6 is 0 Å². The predicted molar refractivity (Wildman–Crippen MR) is 67.0 cm³/mol. The standard InChI is InChI=1S/C13H13NO6/c1-13(2)7-19-12(16)10(13)20-11(15)8-3-5-9(6-4-8)14(17)18/h3-6,10H,7H2,1-2H3. The van der Waals surface area contributed by atoms with E-state index in [4.69, 9.17) is 9.47 Å². The van der Waals surface area contributed by atoms with Gasteiger partial charge in [0.25, 0.3) is 5.69 Å². The summed E-state index contributed by atoms with van der Waals surface area (Å²) in [5.41, 5.74) is -0.568. The fraction of sp³-hybridized carbons (Fsp3) is 0.385. The van der Waals surface area contributed by atoms with Gasteiger partial charge < -0.3 is 9.47 Å². The quantitative estimate of drug-likeness (QED) is 0.474. The maximum absolute atomic E-state index is 11.9. The maximum atomic E-state index is 11.9. The SMILES string of the molecule is CC1(C)COC(=O)C1OC(=O)c1ccc([N+](=O)[O-])cc1. The van der Waals surface area contributed by atoms with Crippen molar-refractivity contribution in [3.8, 4) is 0 Å². The average molecular weight is 279 g/mol. The van der Waals surface area contributed by atoms with Crippen molar-refractivity contribution in [1.29, 1.82) is 0 Å². The summed E-state index contributed by atoms with van der Waals surface area (Å²) in [7, 11) is 0. The number of carbonyl (C=O) groups is 2. The number of esters is 2. The third kappa shape index (κ3) is 2.61. The van der Waals surface area contributed by atoms with Gasteiger partial charge in [0.1, 0.15) is 6.61 Å². The molecule has 1 saturated heterocycles. The molecule has 0 amide bonds. The molecular weight excluding hydrogens is 266 g/mol. The first-order chi connectivity index (χ1) is 9.31. The molecule has 0 aliphatic carbocycles. The van der Waals surface area contributed by atoms with Gasteiger partial charge in [0.2, 0.25) is 6.10 Å². The van der Waals surface area contributed by atoms with Gasteiger partial charge in [-0.3, -0.25) is 10.1 Å². The van der Waals surface area contributed by atoms with E-state index in [2.05, 4.69) is 0 Å². The number of carbonyl (C=O) groups excluding carboxylic acids is 2. The monoisotopic (exact) mass is 279 g/mol. The largest absolute Gasteiger partial charge is 0.462 e. The molecule has 2 rings (SSSR count). The van der Waals surface area contributed by atoms with Crippen molar-refractivity contribution < 1.29 is 24.0 Å². The normalized spacial score (nSPS) is 20.3. The number of nitrogens with zero attached hydrogens (tertiary/aromatic N) is 1. The molecule has 0 saturated carbocycles. The van der Waals surface area contributed by atoms with Gasteiger partial charge in [-0.25, -0.2) is 9.59 Å². The van der Waals surface area contributed by atoms with Crippen LogP contribution in [0, 0.1) is 15.5 Å². The Morgan fingerprint density at radius 2 is 2.00 bits per heavy atom. The predicted octanol–water partition coefficient (Wildman–Crippen LogP) is 1.70. The number of hydrogen-bond acceptors (Lipinski definition) is 6. The number of ether oxygens (including phenoxy) is 2. The smallest absolute Gasteiger partial charge is 0.348 e. The summed E-state index contributed by atoms with van der Waals surface area (Å²) in [5, 5.41) is 10.5. The molecule has 1 aliphatic heterocycles. The summed E-state index contributed by atoms with van der Waals surface area (Å²) in [4.78, 5) is 33.4. The summed E-state index contributed by atoms with van der Waals surface area (Å²) in [6, 6.07) is 4.98. The molecule has 7 nitrogen and oxygen atoms in total. The van der Waals surface area contributed by atoms with Crippen molar-refractivity contribution in [2.45, 2.75) is 20.0 Å². The van der Waals surface area contributed by atoms with Gasteiger partial charge in [0.05, 0.1) is 10.5 Å². The molecular formula is C13H13NO6. The zero-order chi connectivity index (χ0) is 14.9. The van der Waals surface area contributed by atoms with E-state index in [1.54, 1.807) is 13.8 Å². The van der Waals surface area contributed by atoms with E-state index in [1.807, 2.05) is 0 Å². The maximum Gasteiger partial charge on any atom is 0.348 e. The fourth-order valence-electron chi connectivity index (χ4n) is 1.83. The van der Waals surface area contributed by atoms with E-state index in [1.165, 1.54) is 24.3 Å². The number of cyclic esters (lactones) is 1. The van der Waals surface area contributed by atoms with Crippen LogP contribution in [-0.2, 0) is 14.3 Å². The summed E-state index contributed by atoms with van der Waals surface area (Å²) >= 11 is 0. The van der Waals surface area contributed by atoms with Crippen LogP contribution in [0.5, 0.6) is 0 Å². The molecule has 1 aromatic rings. The number of nitro groups is 1. The number of rotatable bonds is 3. The van der Waals surface area contributed by atoms with Crippen molar-refractivity contribution >= 4 is 17.6 Å². The van der Waals surface area contributed by atoms with Crippen LogP contribution in [0.2, 0.25) is 0 Å². The molecule has 0 spiro atoms. The highest BCUT2D eigenvalue weighted by Crippen LogP contribution is 2.31. The Labute approximate surface area is 114 Å². The third-order valence-electron chi connectivity index (χ3n) is 3.05. The van der Waals surface area contributed by atoms with E-state index < -0.39 is 28.4 Å². The van der Waals surface area contributed by atoms with Gasteiger partial charge in [0.15, 0.2) is 0 Å². The van der Waals surface area contributed by atoms with Gasteiger partial charge in [0, 0.05) is 17.5 Å². The molecule has 0 aromatic heterocycles. The van der Waals surface area contributed by atoms with E-state index in [-0.39, 0.29) is 17.9 Å². The fourth-order valence-corrected chi connectivity index (χ4v) is 1.83. The summed E-state index contributed by atoms with van der Waals surface area (Å²) in [6.07, 6.45) is -0.967. The molecule has 1 aliphatic rings. The van der Waals surface area contributed by atoms with Crippen LogP contribution in [0.25, 0.3) is 0 Å². The zero-order valence-corrected chi connectivity index (χ0v) is 11.0. The van der Waals surface area contributed by atoms with E-state index in [0.29, 0.717) is 0 Å². The van der Waals surface area contributed by atoms with Crippen molar-refractivity contribution in [2.75, 3.05) is 6.61 Å². The lowest BCUT2D eigenvalue weighted by Gasteiger charge is -2.21. The average Bonchev–Trinajstić information content (AvgIpc) is 2.65. The lowest BCUT2D eigenvalue weighted by atomic mass is 9.90. The van der Waals surface area contributed by atoms with Gasteiger partial charge in [-0.1, -0.05) is 13.8 Å².